The van der Waals surface area contributed by atoms with Crippen LogP contribution in [0.2, 0.25) is 0 Å². The summed E-state index contributed by atoms with van der Waals surface area (Å²) < 4.78 is 0. The molecule has 5 heteroatoms. The van der Waals surface area contributed by atoms with Gasteiger partial charge in [0.25, 0.3) is 0 Å². The number of likely N-dealkylation sites (tertiary alicyclic amines) is 1. The van der Waals surface area contributed by atoms with Gasteiger partial charge in [-0.15, -0.1) is 0 Å². The van der Waals surface area contributed by atoms with Gasteiger partial charge in [0.05, 0.1) is 6.04 Å². The highest BCUT2D eigenvalue weighted by Gasteiger charge is 2.28. The van der Waals surface area contributed by atoms with E-state index in [-0.39, 0.29) is 11.9 Å². The lowest BCUT2D eigenvalue weighted by atomic mass is 9.96. The average Bonchev–Trinajstić information content (AvgIpc) is 3.00. The molecule has 1 atom stereocenters. The molecule has 0 saturated carbocycles. The first-order valence-electron chi connectivity index (χ1n) is 8.37. The number of likely N-dealkylation sites (N-methyl/N-ethyl adjacent to an activating group) is 1. The second-order valence-corrected chi connectivity index (χ2v) is 6.52. The van der Waals surface area contributed by atoms with E-state index in [1.807, 2.05) is 19.4 Å². The van der Waals surface area contributed by atoms with Crippen LogP contribution in [0.1, 0.15) is 25.7 Å². The summed E-state index contributed by atoms with van der Waals surface area (Å²) in [6.07, 6.45) is 8.12. The number of anilines is 1. The zero-order valence-electron chi connectivity index (χ0n) is 13.4. The molecule has 0 aliphatic carbocycles. The van der Waals surface area contributed by atoms with E-state index in [1.54, 1.807) is 0 Å². The standard InChI is InChI=1S/C17H26N4O/c1-20-10-2-3-16(20)17(22)19-13-14-6-11-21(12-7-14)15-4-8-18-9-5-15/h4-5,8-9,14,16H,2-3,6-7,10-13H2,1H3,(H,19,22)/t16-/m0/s1. The molecule has 0 radical (unpaired) electrons. The summed E-state index contributed by atoms with van der Waals surface area (Å²) >= 11 is 0. The molecular weight excluding hydrogens is 276 g/mol. The zero-order chi connectivity index (χ0) is 15.4. The lowest BCUT2D eigenvalue weighted by Crippen LogP contribution is -2.44. The Labute approximate surface area is 132 Å². The molecule has 3 rings (SSSR count). The highest BCUT2D eigenvalue weighted by atomic mass is 16.2. The Hall–Kier alpha value is -1.62. The molecule has 5 nitrogen and oxygen atoms in total. The average molecular weight is 302 g/mol. The number of nitrogens with one attached hydrogen (secondary N) is 1. The van der Waals surface area contributed by atoms with Crippen molar-refractivity contribution in [2.75, 3.05) is 38.1 Å². The maximum absolute atomic E-state index is 12.2. The predicted octanol–water partition coefficient (Wildman–Crippen LogP) is 1.51. The molecule has 2 aliphatic heterocycles. The molecule has 1 amide bonds. The SMILES string of the molecule is CN1CCC[C@H]1C(=O)NCC1CCN(c2ccncc2)CC1. The van der Waals surface area contributed by atoms with E-state index in [2.05, 4.69) is 32.2 Å². The van der Waals surface area contributed by atoms with Gasteiger partial charge >= 0.3 is 0 Å². The minimum Gasteiger partial charge on any atom is -0.371 e. The fraction of sp³-hybridized carbons (Fsp3) is 0.647. The Balaban J connectivity index is 1.41. The van der Waals surface area contributed by atoms with Crippen molar-refractivity contribution in [1.82, 2.24) is 15.2 Å². The first-order valence-corrected chi connectivity index (χ1v) is 8.37. The molecule has 1 aromatic heterocycles. The molecule has 0 spiro atoms. The number of nitrogens with zero attached hydrogens (tertiary/aromatic N) is 3. The minimum absolute atomic E-state index is 0.0944. The van der Waals surface area contributed by atoms with Crippen molar-refractivity contribution in [1.29, 1.82) is 0 Å². The Bertz CT molecular complexity index is 485. The van der Waals surface area contributed by atoms with Gasteiger partial charge in [-0.1, -0.05) is 0 Å². The van der Waals surface area contributed by atoms with Crippen molar-refractivity contribution in [3.05, 3.63) is 24.5 Å². The van der Waals surface area contributed by atoms with Gasteiger partial charge in [-0.05, 0) is 57.3 Å². The molecule has 0 bridgehead atoms. The van der Waals surface area contributed by atoms with Crippen LogP contribution in [0, 0.1) is 5.92 Å². The number of piperidine rings is 1. The van der Waals surface area contributed by atoms with Crippen LogP contribution < -0.4 is 10.2 Å². The van der Waals surface area contributed by atoms with E-state index >= 15 is 0 Å². The number of hydrogen-bond acceptors (Lipinski definition) is 4. The summed E-state index contributed by atoms with van der Waals surface area (Å²) in [4.78, 5) is 20.9. The van der Waals surface area contributed by atoms with Crippen molar-refractivity contribution >= 4 is 11.6 Å². The monoisotopic (exact) mass is 302 g/mol. The fourth-order valence-corrected chi connectivity index (χ4v) is 3.55. The first-order chi connectivity index (χ1) is 10.7. The van der Waals surface area contributed by atoms with Crippen molar-refractivity contribution < 1.29 is 4.79 Å². The zero-order valence-corrected chi connectivity index (χ0v) is 13.4. The van der Waals surface area contributed by atoms with E-state index in [0.29, 0.717) is 5.92 Å². The maximum Gasteiger partial charge on any atom is 0.237 e. The van der Waals surface area contributed by atoms with Crippen LogP contribution >= 0.6 is 0 Å². The second kappa shape index (κ2) is 7.09. The van der Waals surface area contributed by atoms with E-state index in [1.165, 1.54) is 5.69 Å². The van der Waals surface area contributed by atoms with Gasteiger partial charge in [0.2, 0.25) is 5.91 Å². The molecule has 2 aliphatic rings. The van der Waals surface area contributed by atoms with Gasteiger partial charge in [0.15, 0.2) is 0 Å². The lowest BCUT2D eigenvalue weighted by Gasteiger charge is -2.33. The van der Waals surface area contributed by atoms with Crippen molar-refractivity contribution in [3.8, 4) is 0 Å². The summed E-state index contributed by atoms with van der Waals surface area (Å²) in [5.41, 5.74) is 1.25. The number of hydrogen-bond donors (Lipinski definition) is 1. The summed E-state index contributed by atoms with van der Waals surface area (Å²) in [6, 6.07) is 4.23. The topological polar surface area (TPSA) is 48.5 Å². The number of aromatic nitrogens is 1. The molecule has 120 valence electrons. The molecule has 2 saturated heterocycles. The highest BCUT2D eigenvalue weighted by molar-refractivity contribution is 5.81. The summed E-state index contributed by atoms with van der Waals surface area (Å²) in [5.74, 6) is 0.824. The van der Waals surface area contributed by atoms with Gasteiger partial charge in [-0.25, -0.2) is 0 Å². The van der Waals surface area contributed by atoms with Crippen LogP contribution in [0.4, 0.5) is 5.69 Å². The third kappa shape index (κ3) is 3.58. The third-order valence-electron chi connectivity index (χ3n) is 5.03. The highest BCUT2D eigenvalue weighted by Crippen LogP contribution is 2.22. The molecule has 1 N–H and O–H groups in total. The largest absolute Gasteiger partial charge is 0.371 e. The number of pyridine rings is 1. The first kappa shape index (κ1) is 15.3. The van der Waals surface area contributed by atoms with E-state index < -0.39 is 0 Å². The number of rotatable bonds is 4. The van der Waals surface area contributed by atoms with Gasteiger partial charge in [-0.2, -0.15) is 0 Å². The van der Waals surface area contributed by atoms with Crippen molar-refractivity contribution in [2.45, 2.75) is 31.7 Å². The number of carbonyl (C=O) groups excluding carboxylic acids is 1. The van der Waals surface area contributed by atoms with Crippen LogP contribution in [0.15, 0.2) is 24.5 Å². The summed E-state index contributed by atoms with van der Waals surface area (Å²) in [7, 11) is 2.05. The Morgan fingerprint density at radius 2 is 1.95 bits per heavy atom. The Morgan fingerprint density at radius 1 is 1.23 bits per heavy atom. The smallest absolute Gasteiger partial charge is 0.237 e. The number of amides is 1. The van der Waals surface area contributed by atoms with Crippen LogP contribution in [-0.4, -0.2) is 55.1 Å². The van der Waals surface area contributed by atoms with Crippen LogP contribution in [0.5, 0.6) is 0 Å². The summed E-state index contributed by atoms with van der Waals surface area (Å²) in [5, 5.41) is 3.17. The Kier molecular flexibility index (Phi) is 4.93. The van der Waals surface area contributed by atoms with Gasteiger partial charge in [-0.3, -0.25) is 14.7 Å². The van der Waals surface area contributed by atoms with E-state index in [0.717, 1.165) is 51.9 Å². The van der Waals surface area contributed by atoms with Gasteiger partial charge < -0.3 is 10.2 Å². The van der Waals surface area contributed by atoms with Crippen molar-refractivity contribution in [2.24, 2.45) is 5.92 Å². The summed E-state index contributed by atoms with van der Waals surface area (Å²) in [6.45, 7) is 4.00. The molecule has 3 heterocycles. The van der Waals surface area contributed by atoms with Crippen LogP contribution in [-0.2, 0) is 4.79 Å². The van der Waals surface area contributed by atoms with Gasteiger partial charge in [0, 0.05) is 37.7 Å². The fourth-order valence-electron chi connectivity index (χ4n) is 3.55. The molecular formula is C17H26N4O. The molecule has 0 unspecified atom stereocenters. The molecule has 22 heavy (non-hydrogen) atoms. The molecule has 2 fully saturated rings. The minimum atomic E-state index is 0.0944. The van der Waals surface area contributed by atoms with Crippen LogP contribution in [0.3, 0.4) is 0 Å². The van der Waals surface area contributed by atoms with E-state index in [9.17, 15) is 4.79 Å². The molecule has 1 aromatic rings. The Morgan fingerprint density at radius 3 is 2.59 bits per heavy atom. The second-order valence-electron chi connectivity index (χ2n) is 6.52. The molecule has 0 aromatic carbocycles. The predicted molar refractivity (Wildman–Crippen MR) is 87.8 cm³/mol. The van der Waals surface area contributed by atoms with Crippen molar-refractivity contribution in [3.63, 3.8) is 0 Å². The van der Waals surface area contributed by atoms with E-state index in [4.69, 9.17) is 0 Å². The maximum atomic E-state index is 12.2. The van der Waals surface area contributed by atoms with Crippen LogP contribution in [0.25, 0.3) is 0 Å². The normalized spacial score (nSPS) is 23.7. The number of carbonyl (C=O) groups is 1. The van der Waals surface area contributed by atoms with Gasteiger partial charge in [0.1, 0.15) is 0 Å². The third-order valence-corrected chi connectivity index (χ3v) is 5.03. The lowest BCUT2D eigenvalue weighted by molar-refractivity contribution is -0.125. The quantitative estimate of drug-likeness (QED) is 0.916.